The summed E-state index contributed by atoms with van der Waals surface area (Å²) in [6.07, 6.45) is 2.74. The number of nitrogens with zero attached hydrogens (tertiary/aromatic N) is 1. The Labute approximate surface area is 84.5 Å². The molecule has 0 aromatic rings. The lowest BCUT2D eigenvalue weighted by Gasteiger charge is -2.42. The molecule has 1 aliphatic heterocycles. The molecule has 80 valence electrons. The highest BCUT2D eigenvalue weighted by Crippen LogP contribution is 2.35. The summed E-state index contributed by atoms with van der Waals surface area (Å²) in [5.74, 6) is 0.943. The normalized spacial score (nSPS) is 27.7. The monoisotopic (exact) mass is 185 g/mol. The van der Waals surface area contributed by atoms with Gasteiger partial charge in [0.05, 0.1) is 0 Å². The summed E-state index contributed by atoms with van der Waals surface area (Å²) >= 11 is 0. The Morgan fingerprint density at radius 1 is 1.31 bits per heavy atom. The Balaban J connectivity index is 0.000000671. The molecule has 0 saturated carbocycles. The van der Waals surface area contributed by atoms with Gasteiger partial charge in [0.15, 0.2) is 0 Å². The maximum absolute atomic E-state index is 2.45. The summed E-state index contributed by atoms with van der Waals surface area (Å²) < 4.78 is 0. The molecule has 0 amide bonds. The predicted molar refractivity (Wildman–Crippen MR) is 61.0 cm³/mol. The van der Waals surface area contributed by atoms with Crippen LogP contribution in [0.1, 0.15) is 47.5 Å². The van der Waals surface area contributed by atoms with E-state index >= 15 is 0 Å². The average Bonchev–Trinajstić information content (AvgIpc) is 2.06. The Kier molecular flexibility index (Phi) is 5.62. The van der Waals surface area contributed by atoms with Crippen LogP contribution < -0.4 is 0 Å². The van der Waals surface area contributed by atoms with Crippen molar-refractivity contribution in [2.24, 2.45) is 11.3 Å². The summed E-state index contributed by atoms with van der Waals surface area (Å²) in [6, 6.07) is 0. The van der Waals surface area contributed by atoms with Gasteiger partial charge in [0.2, 0.25) is 0 Å². The molecule has 0 spiro atoms. The fourth-order valence-electron chi connectivity index (χ4n) is 2.43. The van der Waals surface area contributed by atoms with Crippen molar-refractivity contribution in [3.8, 4) is 0 Å². The van der Waals surface area contributed by atoms with Crippen LogP contribution in [0.3, 0.4) is 0 Å². The van der Waals surface area contributed by atoms with Crippen LogP contribution in [0.25, 0.3) is 0 Å². The molecule has 1 aliphatic rings. The standard InChI is InChI=1S/C10H21N.C2H6/c1-5-9-6-7-11(4)8-10(9,2)3;1-2/h9H,5-8H2,1-4H3;1-2H3. The molecule has 1 fully saturated rings. The molecule has 13 heavy (non-hydrogen) atoms. The minimum absolute atomic E-state index is 0.543. The SMILES string of the molecule is CC.CCC1CCN(C)CC1(C)C. The van der Waals surface area contributed by atoms with Crippen molar-refractivity contribution in [2.75, 3.05) is 20.1 Å². The minimum Gasteiger partial charge on any atom is -0.306 e. The van der Waals surface area contributed by atoms with Crippen LogP contribution in [0.2, 0.25) is 0 Å². The molecule has 1 nitrogen and oxygen atoms in total. The van der Waals surface area contributed by atoms with Gasteiger partial charge in [-0.15, -0.1) is 0 Å². The first-order valence-corrected chi connectivity index (χ1v) is 5.75. The van der Waals surface area contributed by atoms with E-state index in [-0.39, 0.29) is 0 Å². The van der Waals surface area contributed by atoms with E-state index in [2.05, 4.69) is 32.7 Å². The fourth-order valence-corrected chi connectivity index (χ4v) is 2.43. The lowest BCUT2D eigenvalue weighted by atomic mass is 9.73. The van der Waals surface area contributed by atoms with Crippen LogP contribution in [-0.2, 0) is 0 Å². The van der Waals surface area contributed by atoms with Crippen LogP contribution in [0.4, 0.5) is 0 Å². The molecule has 0 aromatic heterocycles. The van der Waals surface area contributed by atoms with E-state index in [1.165, 1.54) is 25.9 Å². The van der Waals surface area contributed by atoms with Crippen molar-refractivity contribution in [2.45, 2.75) is 47.5 Å². The van der Waals surface area contributed by atoms with Gasteiger partial charge < -0.3 is 4.90 Å². The van der Waals surface area contributed by atoms with Crippen molar-refractivity contribution in [1.82, 2.24) is 4.90 Å². The summed E-state index contributed by atoms with van der Waals surface area (Å²) in [5, 5.41) is 0. The Hall–Kier alpha value is -0.0400. The van der Waals surface area contributed by atoms with E-state index in [1.54, 1.807) is 0 Å². The number of hydrogen-bond donors (Lipinski definition) is 0. The highest BCUT2D eigenvalue weighted by Gasteiger charge is 2.32. The average molecular weight is 185 g/mol. The van der Waals surface area contributed by atoms with E-state index < -0.39 is 0 Å². The van der Waals surface area contributed by atoms with Gasteiger partial charge in [0.25, 0.3) is 0 Å². The quantitative estimate of drug-likeness (QED) is 0.605. The first-order valence-electron chi connectivity index (χ1n) is 5.75. The highest BCUT2D eigenvalue weighted by molar-refractivity contribution is 4.84. The molecule has 1 saturated heterocycles. The highest BCUT2D eigenvalue weighted by atomic mass is 15.1. The van der Waals surface area contributed by atoms with Gasteiger partial charge in [-0.3, -0.25) is 0 Å². The van der Waals surface area contributed by atoms with Crippen molar-refractivity contribution in [3.05, 3.63) is 0 Å². The van der Waals surface area contributed by atoms with Crippen molar-refractivity contribution < 1.29 is 0 Å². The van der Waals surface area contributed by atoms with E-state index in [0.29, 0.717) is 5.41 Å². The molecule has 1 heterocycles. The lowest BCUT2D eigenvalue weighted by molar-refractivity contribution is 0.0696. The van der Waals surface area contributed by atoms with Crippen LogP contribution in [-0.4, -0.2) is 25.0 Å². The summed E-state index contributed by atoms with van der Waals surface area (Å²) in [6.45, 7) is 13.7. The smallest absolute Gasteiger partial charge is 0.00323 e. The largest absolute Gasteiger partial charge is 0.306 e. The van der Waals surface area contributed by atoms with Crippen molar-refractivity contribution >= 4 is 0 Å². The number of likely N-dealkylation sites (tertiary alicyclic amines) is 1. The van der Waals surface area contributed by atoms with Crippen LogP contribution >= 0.6 is 0 Å². The van der Waals surface area contributed by atoms with Gasteiger partial charge in [-0.05, 0) is 31.3 Å². The first-order chi connectivity index (χ1) is 6.06. The second kappa shape index (κ2) is 5.64. The molecular formula is C12H27N. The number of piperidine rings is 1. The lowest BCUT2D eigenvalue weighted by Crippen LogP contribution is -2.43. The number of hydrogen-bond acceptors (Lipinski definition) is 1. The van der Waals surface area contributed by atoms with Crippen LogP contribution in [0.15, 0.2) is 0 Å². The predicted octanol–water partition coefficient (Wildman–Crippen LogP) is 3.40. The zero-order valence-electron chi connectivity index (χ0n) is 10.4. The molecule has 1 unspecified atom stereocenters. The van der Waals surface area contributed by atoms with Gasteiger partial charge in [-0.25, -0.2) is 0 Å². The van der Waals surface area contributed by atoms with E-state index in [9.17, 15) is 0 Å². The van der Waals surface area contributed by atoms with Crippen molar-refractivity contribution in [3.63, 3.8) is 0 Å². The van der Waals surface area contributed by atoms with E-state index in [4.69, 9.17) is 0 Å². The Bertz CT molecular complexity index is 129. The third kappa shape index (κ3) is 3.68. The van der Waals surface area contributed by atoms with Gasteiger partial charge in [0.1, 0.15) is 0 Å². The van der Waals surface area contributed by atoms with E-state index in [0.717, 1.165) is 5.92 Å². The molecule has 1 heteroatoms. The zero-order valence-corrected chi connectivity index (χ0v) is 10.4. The maximum Gasteiger partial charge on any atom is 0.00323 e. The van der Waals surface area contributed by atoms with Crippen molar-refractivity contribution in [1.29, 1.82) is 0 Å². The summed E-state index contributed by atoms with van der Waals surface area (Å²) in [4.78, 5) is 2.45. The topological polar surface area (TPSA) is 3.24 Å². The van der Waals surface area contributed by atoms with Gasteiger partial charge in [-0.1, -0.05) is 41.0 Å². The molecule has 0 aromatic carbocycles. The molecule has 1 atom stereocenters. The Morgan fingerprint density at radius 3 is 2.23 bits per heavy atom. The maximum atomic E-state index is 2.45. The molecule has 0 bridgehead atoms. The van der Waals surface area contributed by atoms with Gasteiger partial charge >= 0.3 is 0 Å². The molecule has 0 radical (unpaired) electrons. The molecule has 0 N–H and O–H groups in total. The minimum atomic E-state index is 0.543. The second-order valence-electron chi connectivity index (χ2n) is 4.62. The summed E-state index contributed by atoms with van der Waals surface area (Å²) in [7, 11) is 2.23. The third-order valence-electron chi connectivity index (χ3n) is 3.13. The zero-order chi connectivity index (χ0) is 10.5. The summed E-state index contributed by atoms with van der Waals surface area (Å²) in [5.41, 5.74) is 0.543. The van der Waals surface area contributed by atoms with Crippen LogP contribution in [0.5, 0.6) is 0 Å². The van der Waals surface area contributed by atoms with Gasteiger partial charge in [-0.2, -0.15) is 0 Å². The third-order valence-corrected chi connectivity index (χ3v) is 3.13. The second-order valence-corrected chi connectivity index (χ2v) is 4.62. The van der Waals surface area contributed by atoms with Gasteiger partial charge in [0, 0.05) is 6.54 Å². The first kappa shape index (κ1) is 13.0. The number of rotatable bonds is 1. The van der Waals surface area contributed by atoms with Crippen LogP contribution in [0, 0.1) is 11.3 Å². The molecular weight excluding hydrogens is 158 g/mol. The molecule has 0 aliphatic carbocycles. The molecule has 1 rings (SSSR count). The van der Waals surface area contributed by atoms with E-state index in [1.807, 2.05) is 13.8 Å². The Morgan fingerprint density at radius 2 is 1.85 bits per heavy atom. The fraction of sp³-hybridized carbons (Fsp3) is 1.00.